The van der Waals surface area contributed by atoms with Crippen LogP contribution in [0.25, 0.3) is 0 Å². The molecule has 2 heterocycles. The average Bonchev–Trinajstić information content (AvgIpc) is 3.32. The summed E-state index contributed by atoms with van der Waals surface area (Å²) < 4.78 is 12.3. The van der Waals surface area contributed by atoms with Gasteiger partial charge in [-0.25, -0.2) is 0 Å². The summed E-state index contributed by atoms with van der Waals surface area (Å²) in [5, 5.41) is 6.99. The monoisotopic (exact) mass is 533 g/mol. The molecule has 2 amide bonds. The SMILES string of the molecule is CC(=O)N[C@@](CCCCB1OC(C)(C)C(C)(C)O1)(C(=O)NC(C)(C)C)[C@H]1CCN(c2ccc(Cl)cc2)C1. The molecular weight excluding hydrogens is 489 g/mol. The van der Waals surface area contributed by atoms with Crippen LogP contribution in [0.1, 0.15) is 81.1 Å². The summed E-state index contributed by atoms with van der Waals surface area (Å²) in [6, 6.07) is 7.77. The van der Waals surface area contributed by atoms with E-state index in [4.69, 9.17) is 20.9 Å². The highest BCUT2D eigenvalue weighted by molar-refractivity contribution is 6.45. The molecule has 2 aliphatic rings. The second-order valence-electron chi connectivity index (χ2n) is 12.7. The molecule has 0 bridgehead atoms. The largest absolute Gasteiger partial charge is 0.457 e. The fourth-order valence-electron chi connectivity index (χ4n) is 5.34. The highest BCUT2D eigenvalue weighted by Crippen LogP contribution is 2.39. The Morgan fingerprint density at radius 2 is 1.65 bits per heavy atom. The van der Waals surface area contributed by atoms with Gasteiger partial charge < -0.3 is 24.8 Å². The van der Waals surface area contributed by atoms with Crippen LogP contribution in [0.5, 0.6) is 0 Å². The minimum atomic E-state index is -1.00. The van der Waals surface area contributed by atoms with Crippen LogP contribution >= 0.6 is 11.6 Å². The molecule has 7 nitrogen and oxygen atoms in total. The number of hydrogen-bond donors (Lipinski definition) is 2. The van der Waals surface area contributed by atoms with Crippen LogP contribution in [-0.4, -0.2) is 54.3 Å². The Labute approximate surface area is 228 Å². The van der Waals surface area contributed by atoms with E-state index < -0.39 is 11.1 Å². The number of amides is 2. The van der Waals surface area contributed by atoms with Crippen LogP contribution < -0.4 is 15.5 Å². The smallest absolute Gasteiger partial charge is 0.403 e. The first-order valence-electron chi connectivity index (χ1n) is 13.5. The topological polar surface area (TPSA) is 79.9 Å². The van der Waals surface area contributed by atoms with Crippen LogP contribution in [0.15, 0.2) is 24.3 Å². The van der Waals surface area contributed by atoms with Crippen molar-refractivity contribution in [2.75, 3.05) is 18.0 Å². The Kier molecular flexibility index (Phi) is 8.98. The van der Waals surface area contributed by atoms with Crippen molar-refractivity contribution in [3.05, 3.63) is 29.3 Å². The molecule has 0 radical (unpaired) electrons. The predicted octanol–water partition coefficient (Wildman–Crippen LogP) is 5.22. The van der Waals surface area contributed by atoms with Crippen molar-refractivity contribution in [3.63, 3.8) is 0 Å². The van der Waals surface area contributed by atoms with Gasteiger partial charge in [-0.15, -0.1) is 0 Å². The lowest BCUT2D eigenvalue weighted by Crippen LogP contribution is -2.65. The van der Waals surface area contributed by atoms with Gasteiger partial charge in [0.25, 0.3) is 0 Å². The number of anilines is 1. The van der Waals surface area contributed by atoms with Crippen LogP contribution in [-0.2, 0) is 18.9 Å². The minimum absolute atomic E-state index is 0.0359. The van der Waals surface area contributed by atoms with Gasteiger partial charge in [0.2, 0.25) is 11.8 Å². The van der Waals surface area contributed by atoms with Gasteiger partial charge in [-0.1, -0.05) is 24.4 Å². The number of rotatable bonds is 9. The first-order chi connectivity index (χ1) is 17.0. The van der Waals surface area contributed by atoms with E-state index in [0.29, 0.717) is 18.0 Å². The molecule has 0 aromatic heterocycles. The van der Waals surface area contributed by atoms with Crippen LogP contribution in [0, 0.1) is 5.92 Å². The number of nitrogens with zero attached hydrogens (tertiary/aromatic N) is 1. The molecule has 0 spiro atoms. The molecule has 1 aromatic carbocycles. The lowest BCUT2D eigenvalue weighted by molar-refractivity contribution is -0.136. The molecule has 0 saturated carbocycles. The Morgan fingerprint density at radius 3 is 2.19 bits per heavy atom. The third-order valence-electron chi connectivity index (χ3n) is 7.93. The highest BCUT2D eigenvalue weighted by Gasteiger charge is 2.51. The van der Waals surface area contributed by atoms with Gasteiger partial charge >= 0.3 is 7.12 Å². The zero-order valence-electron chi connectivity index (χ0n) is 23.9. The number of benzene rings is 1. The molecule has 3 rings (SSSR count). The Bertz CT molecular complexity index is 947. The molecule has 2 fully saturated rings. The summed E-state index contributed by atoms with van der Waals surface area (Å²) in [6.45, 7) is 17.1. The number of hydrogen-bond acceptors (Lipinski definition) is 5. The average molecular weight is 534 g/mol. The van der Waals surface area contributed by atoms with Gasteiger partial charge in [0, 0.05) is 42.2 Å². The summed E-state index contributed by atoms with van der Waals surface area (Å²) in [7, 11) is -0.268. The molecule has 9 heteroatoms. The van der Waals surface area contributed by atoms with Gasteiger partial charge in [-0.2, -0.15) is 0 Å². The standard InChI is InChI=1S/C28H45BClN3O4/c1-20(34)31-28(24(35)32-25(2,3)4,16-9-10-17-29-36-26(5,6)27(7,8)37-29)21-15-18-33(19-21)23-13-11-22(30)12-14-23/h11-14,21H,9-10,15-19H2,1-8H3,(H,31,34)(H,32,35)/t21-,28+/m0/s1. The minimum Gasteiger partial charge on any atom is -0.403 e. The van der Waals surface area contributed by atoms with Crippen molar-refractivity contribution in [2.24, 2.45) is 5.92 Å². The maximum absolute atomic E-state index is 13.9. The molecule has 0 unspecified atom stereocenters. The van der Waals surface area contributed by atoms with Gasteiger partial charge in [0.1, 0.15) is 5.54 Å². The number of halogens is 1. The van der Waals surface area contributed by atoms with Gasteiger partial charge in [-0.3, -0.25) is 9.59 Å². The van der Waals surface area contributed by atoms with E-state index in [1.165, 1.54) is 6.92 Å². The fraction of sp³-hybridized carbons (Fsp3) is 0.714. The van der Waals surface area contributed by atoms with Gasteiger partial charge in [0.15, 0.2) is 0 Å². The van der Waals surface area contributed by atoms with E-state index in [9.17, 15) is 9.59 Å². The molecule has 37 heavy (non-hydrogen) atoms. The number of carbonyl (C=O) groups is 2. The number of nitrogens with one attached hydrogen (secondary N) is 2. The quantitative estimate of drug-likeness (QED) is 0.336. The maximum atomic E-state index is 13.9. The van der Waals surface area contributed by atoms with E-state index >= 15 is 0 Å². The summed E-state index contributed by atoms with van der Waals surface area (Å²) in [4.78, 5) is 28.7. The third kappa shape index (κ3) is 7.21. The first-order valence-corrected chi connectivity index (χ1v) is 13.9. The lowest BCUT2D eigenvalue weighted by Gasteiger charge is -2.40. The van der Waals surface area contributed by atoms with Crippen LogP contribution in [0.3, 0.4) is 0 Å². The predicted molar refractivity (Wildman–Crippen MR) is 151 cm³/mol. The second kappa shape index (κ2) is 11.2. The zero-order chi connectivity index (χ0) is 27.6. The van der Waals surface area contributed by atoms with Crippen molar-refractivity contribution in [1.82, 2.24) is 10.6 Å². The number of unbranched alkanes of at least 4 members (excludes halogenated alkanes) is 1. The molecule has 0 aliphatic carbocycles. The van der Waals surface area contributed by atoms with E-state index in [2.05, 4.69) is 43.2 Å². The first kappa shape index (κ1) is 29.8. The summed E-state index contributed by atoms with van der Waals surface area (Å²) in [6.07, 6.45) is 3.68. The maximum Gasteiger partial charge on any atom is 0.457 e. The Balaban J connectivity index is 1.77. The van der Waals surface area contributed by atoms with Crippen LogP contribution in [0.2, 0.25) is 11.3 Å². The molecule has 2 N–H and O–H groups in total. The van der Waals surface area contributed by atoms with Crippen LogP contribution in [0.4, 0.5) is 5.69 Å². The molecule has 2 aliphatic heterocycles. The van der Waals surface area contributed by atoms with Crippen molar-refractivity contribution >= 4 is 36.2 Å². The normalized spacial score (nSPS) is 22.6. The fourth-order valence-corrected chi connectivity index (χ4v) is 5.46. The van der Waals surface area contributed by atoms with Crippen molar-refractivity contribution < 1.29 is 18.9 Å². The third-order valence-corrected chi connectivity index (χ3v) is 8.18. The van der Waals surface area contributed by atoms with Crippen molar-refractivity contribution in [2.45, 2.75) is 110 Å². The second-order valence-corrected chi connectivity index (χ2v) is 13.1. The molecule has 206 valence electrons. The van der Waals surface area contributed by atoms with E-state index in [0.717, 1.165) is 37.8 Å². The van der Waals surface area contributed by atoms with Crippen molar-refractivity contribution in [1.29, 1.82) is 0 Å². The Morgan fingerprint density at radius 1 is 1.05 bits per heavy atom. The van der Waals surface area contributed by atoms with E-state index in [-0.39, 0.29) is 36.1 Å². The molecule has 2 saturated heterocycles. The summed E-state index contributed by atoms with van der Waals surface area (Å²) in [5.74, 6) is -0.347. The highest BCUT2D eigenvalue weighted by atomic mass is 35.5. The molecule has 1 aromatic rings. The Hall–Kier alpha value is -1.77. The van der Waals surface area contributed by atoms with Gasteiger partial charge in [-0.05, 0) is 91.9 Å². The lowest BCUT2D eigenvalue weighted by atomic mass is 9.75. The van der Waals surface area contributed by atoms with E-state index in [1.807, 2.05) is 45.0 Å². The van der Waals surface area contributed by atoms with Gasteiger partial charge in [0.05, 0.1) is 11.2 Å². The molecular formula is C28H45BClN3O4. The van der Waals surface area contributed by atoms with Crippen molar-refractivity contribution in [3.8, 4) is 0 Å². The number of carbonyl (C=O) groups excluding carboxylic acids is 2. The van der Waals surface area contributed by atoms with E-state index in [1.54, 1.807) is 0 Å². The zero-order valence-corrected chi connectivity index (χ0v) is 24.6. The summed E-state index contributed by atoms with van der Waals surface area (Å²) in [5.41, 5.74) is -1.08. The summed E-state index contributed by atoms with van der Waals surface area (Å²) >= 11 is 6.09. The molecule has 2 atom stereocenters.